The summed E-state index contributed by atoms with van der Waals surface area (Å²) in [4.78, 5) is 14.1. The maximum absolute atomic E-state index is 11.7. The van der Waals surface area contributed by atoms with Gasteiger partial charge in [-0.1, -0.05) is 6.07 Å². The topological polar surface area (TPSA) is 68.6 Å². The van der Waals surface area contributed by atoms with Crippen molar-refractivity contribution in [3.8, 4) is 5.75 Å². The lowest BCUT2D eigenvalue weighted by molar-refractivity contribution is 0.0331. The van der Waals surface area contributed by atoms with Gasteiger partial charge < -0.3 is 14.8 Å². The third-order valence-corrected chi connectivity index (χ3v) is 4.70. The van der Waals surface area contributed by atoms with E-state index in [-0.39, 0.29) is 5.91 Å². The number of amides is 1. The molecule has 0 unspecified atom stereocenters. The number of hydrogen-bond donors (Lipinski definition) is 1. The largest absolute Gasteiger partial charge is 0.487 e. The number of carbonyl (C=O) groups is 1. The van der Waals surface area contributed by atoms with E-state index in [9.17, 15) is 4.79 Å². The van der Waals surface area contributed by atoms with Crippen molar-refractivity contribution in [3.63, 3.8) is 0 Å². The minimum atomic E-state index is -0.0360. The van der Waals surface area contributed by atoms with Crippen LogP contribution in [0.5, 0.6) is 5.75 Å². The highest BCUT2D eigenvalue weighted by molar-refractivity contribution is 5.99. The molecule has 2 aromatic rings. The Labute approximate surface area is 146 Å². The fraction of sp³-hybridized carbons (Fsp3) is 0.444. The van der Waals surface area contributed by atoms with Crippen molar-refractivity contribution in [3.05, 3.63) is 46.8 Å². The number of ether oxygens (including phenoxy) is 2. The number of aryl methyl sites for hydroxylation is 1. The van der Waals surface area contributed by atoms with Crippen LogP contribution >= 0.6 is 0 Å². The lowest BCUT2D eigenvalue weighted by Gasteiger charge is -2.26. The second-order valence-electron chi connectivity index (χ2n) is 6.39. The Kier molecular flexibility index (Phi) is 4.42. The van der Waals surface area contributed by atoms with Gasteiger partial charge in [0.25, 0.3) is 5.91 Å². The minimum Gasteiger partial charge on any atom is -0.487 e. The monoisotopic (exact) mass is 342 g/mol. The highest BCUT2D eigenvalue weighted by atomic mass is 16.5. The fourth-order valence-electron chi connectivity index (χ4n) is 3.29. The number of carbonyl (C=O) groups excluding carboxylic acids is 1. The highest BCUT2D eigenvalue weighted by Gasteiger charge is 2.22. The number of nitrogens with one attached hydrogen (secondary N) is 1. The quantitative estimate of drug-likeness (QED) is 0.880. The number of morpholine rings is 1. The molecule has 0 atom stereocenters. The van der Waals surface area contributed by atoms with Gasteiger partial charge in [0.2, 0.25) is 0 Å². The van der Waals surface area contributed by atoms with Gasteiger partial charge in [-0.25, -0.2) is 0 Å². The van der Waals surface area contributed by atoms with Crippen LogP contribution in [0, 0.1) is 0 Å². The van der Waals surface area contributed by atoms with Crippen molar-refractivity contribution in [2.24, 2.45) is 7.05 Å². The average Bonchev–Trinajstić information content (AvgIpc) is 3.18. The zero-order valence-corrected chi connectivity index (χ0v) is 14.3. The lowest BCUT2D eigenvalue weighted by Crippen LogP contribution is -2.36. The molecule has 1 N–H and O–H groups in total. The van der Waals surface area contributed by atoms with Gasteiger partial charge in [-0.2, -0.15) is 5.10 Å². The molecule has 2 aliphatic heterocycles. The van der Waals surface area contributed by atoms with Crippen LogP contribution in [-0.2, 0) is 31.5 Å². The molecule has 25 heavy (non-hydrogen) atoms. The molecule has 2 aliphatic rings. The SMILES string of the molecule is Cn1nc(COc2cccc3c2CNC3=O)cc1CN1CCOCC1. The minimum absolute atomic E-state index is 0.0360. The van der Waals surface area contributed by atoms with E-state index in [4.69, 9.17) is 9.47 Å². The zero-order chi connectivity index (χ0) is 17.2. The summed E-state index contributed by atoms with van der Waals surface area (Å²) in [5.74, 6) is 0.710. The molecule has 1 aromatic carbocycles. The molecule has 0 radical (unpaired) electrons. The standard InChI is InChI=1S/C18H22N4O3/c1-21-14(11-22-5-7-24-8-6-22)9-13(20-21)12-25-17-4-2-3-15-16(17)10-19-18(15)23/h2-4,9H,5-8,10-12H2,1H3,(H,19,23). The van der Waals surface area contributed by atoms with Crippen LogP contribution in [0.15, 0.2) is 24.3 Å². The molecule has 7 heteroatoms. The van der Waals surface area contributed by atoms with Crippen molar-refractivity contribution in [1.29, 1.82) is 0 Å². The van der Waals surface area contributed by atoms with E-state index in [1.54, 1.807) is 0 Å². The van der Waals surface area contributed by atoms with Crippen LogP contribution in [0.2, 0.25) is 0 Å². The van der Waals surface area contributed by atoms with Gasteiger partial charge >= 0.3 is 0 Å². The third kappa shape index (κ3) is 3.38. The van der Waals surface area contributed by atoms with Crippen LogP contribution in [0.3, 0.4) is 0 Å². The second-order valence-corrected chi connectivity index (χ2v) is 6.39. The summed E-state index contributed by atoms with van der Waals surface area (Å²) in [5, 5.41) is 7.38. The van der Waals surface area contributed by atoms with Gasteiger partial charge in [0.05, 0.1) is 18.9 Å². The summed E-state index contributed by atoms with van der Waals surface area (Å²) in [6.45, 7) is 5.27. The summed E-state index contributed by atoms with van der Waals surface area (Å²) in [6, 6.07) is 7.66. The van der Waals surface area contributed by atoms with E-state index >= 15 is 0 Å². The zero-order valence-electron chi connectivity index (χ0n) is 14.3. The molecule has 0 spiro atoms. The Hall–Kier alpha value is -2.38. The van der Waals surface area contributed by atoms with Gasteiger partial charge in [0.15, 0.2) is 0 Å². The van der Waals surface area contributed by atoms with E-state index in [0.29, 0.717) is 18.7 Å². The lowest BCUT2D eigenvalue weighted by atomic mass is 10.1. The first-order valence-electron chi connectivity index (χ1n) is 8.55. The van der Waals surface area contributed by atoms with E-state index in [1.807, 2.05) is 29.9 Å². The van der Waals surface area contributed by atoms with E-state index in [1.165, 1.54) is 0 Å². The second kappa shape index (κ2) is 6.85. The Bertz CT molecular complexity index is 781. The van der Waals surface area contributed by atoms with Crippen molar-refractivity contribution in [2.45, 2.75) is 19.7 Å². The summed E-state index contributed by atoms with van der Waals surface area (Å²) in [6.07, 6.45) is 0. The molecule has 132 valence electrons. The maximum atomic E-state index is 11.7. The van der Waals surface area contributed by atoms with Gasteiger partial charge in [0.1, 0.15) is 18.1 Å². The molecule has 7 nitrogen and oxygen atoms in total. The van der Waals surface area contributed by atoms with Crippen LogP contribution in [0.25, 0.3) is 0 Å². The third-order valence-electron chi connectivity index (χ3n) is 4.70. The van der Waals surface area contributed by atoms with Gasteiger partial charge in [-0.15, -0.1) is 0 Å². The highest BCUT2D eigenvalue weighted by Crippen LogP contribution is 2.26. The predicted octanol–water partition coefficient (Wildman–Crippen LogP) is 1.07. The van der Waals surface area contributed by atoms with Gasteiger partial charge in [-0.3, -0.25) is 14.4 Å². The number of benzene rings is 1. The van der Waals surface area contributed by atoms with E-state index in [2.05, 4.69) is 21.4 Å². The smallest absolute Gasteiger partial charge is 0.252 e. The summed E-state index contributed by atoms with van der Waals surface area (Å²) >= 11 is 0. The molecule has 1 amide bonds. The molecule has 1 saturated heterocycles. The fourth-order valence-corrected chi connectivity index (χ4v) is 3.29. The molecular weight excluding hydrogens is 320 g/mol. The Morgan fingerprint density at radius 1 is 1.32 bits per heavy atom. The summed E-state index contributed by atoms with van der Waals surface area (Å²) < 4.78 is 13.2. The Balaban J connectivity index is 1.42. The Morgan fingerprint density at radius 3 is 3.00 bits per heavy atom. The maximum Gasteiger partial charge on any atom is 0.252 e. The Morgan fingerprint density at radius 2 is 2.16 bits per heavy atom. The van der Waals surface area contributed by atoms with Crippen LogP contribution < -0.4 is 10.1 Å². The van der Waals surface area contributed by atoms with Crippen molar-refractivity contribution in [2.75, 3.05) is 26.3 Å². The first kappa shape index (κ1) is 16.1. The molecule has 4 rings (SSSR count). The molecule has 0 saturated carbocycles. The normalized spacial score (nSPS) is 17.4. The number of rotatable bonds is 5. The van der Waals surface area contributed by atoms with Crippen LogP contribution in [0.4, 0.5) is 0 Å². The van der Waals surface area contributed by atoms with Gasteiger partial charge in [0, 0.05) is 44.4 Å². The number of aromatic nitrogens is 2. The van der Waals surface area contributed by atoms with Crippen LogP contribution in [-0.4, -0.2) is 46.9 Å². The van der Waals surface area contributed by atoms with Crippen molar-refractivity contribution in [1.82, 2.24) is 20.0 Å². The summed E-state index contributed by atoms with van der Waals surface area (Å²) in [5.41, 5.74) is 3.68. The van der Waals surface area contributed by atoms with Gasteiger partial charge in [-0.05, 0) is 18.2 Å². The first-order valence-corrected chi connectivity index (χ1v) is 8.55. The van der Waals surface area contributed by atoms with Crippen molar-refractivity contribution < 1.29 is 14.3 Å². The number of nitrogens with zero attached hydrogens (tertiary/aromatic N) is 3. The molecule has 0 aliphatic carbocycles. The molecular formula is C18H22N4O3. The molecule has 3 heterocycles. The molecule has 1 aromatic heterocycles. The first-order chi connectivity index (χ1) is 12.2. The van der Waals surface area contributed by atoms with E-state index in [0.717, 1.165) is 55.5 Å². The molecule has 1 fully saturated rings. The molecule has 0 bridgehead atoms. The predicted molar refractivity (Wildman–Crippen MR) is 91.2 cm³/mol. The number of hydrogen-bond acceptors (Lipinski definition) is 5. The van der Waals surface area contributed by atoms with Crippen molar-refractivity contribution >= 4 is 5.91 Å². The number of fused-ring (bicyclic) bond motifs is 1. The summed E-state index contributed by atoms with van der Waals surface area (Å²) in [7, 11) is 1.96. The average molecular weight is 342 g/mol. The van der Waals surface area contributed by atoms with E-state index < -0.39 is 0 Å². The van der Waals surface area contributed by atoms with Crippen LogP contribution in [0.1, 0.15) is 27.3 Å².